The number of benzene rings is 1. The third kappa shape index (κ3) is 3.48. The van der Waals surface area contributed by atoms with Gasteiger partial charge in [-0.2, -0.15) is 5.10 Å². The third-order valence-corrected chi connectivity index (χ3v) is 2.76. The average molecular weight is 262 g/mol. The predicted octanol–water partition coefficient (Wildman–Crippen LogP) is 2.18. The molecule has 1 aromatic heterocycles. The second-order valence-electron chi connectivity index (χ2n) is 4.14. The molecular weight excluding hydrogens is 244 g/mol. The summed E-state index contributed by atoms with van der Waals surface area (Å²) >= 11 is 0. The first-order chi connectivity index (χ1) is 9.22. The molecule has 0 bridgehead atoms. The van der Waals surface area contributed by atoms with Crippen LogP contribution in [0.4, 0.5) is 0 Å². The van der Waals surface area contributed by atoms with Gasteiger partial charge in [-0.25, -0.2) is 0 Å². The fourth-order valence-electron chi connectivity index (χ4n) is 1.75. The van der Waals surface area contributed by atoms with Crippen LogP contribution in [-0.2, 0) is 17.9 Å². The van der Waals surface area contributed by atoms with Crippen LogP contribution in [0, 0.1) is 0 Å². The number of ether oxygens (including phenoxy) is 2. The second kappa shape index (κ2) is 6.24. The van der Waals surface area contributed by atoms with Crippen molar-refractivity contribution >= 4 is 0 Å². The van der Waals surface area contributed by atoms with Crippen LogP contribution in [0.25, 0.3) is 0 Å². The van der Waals surface area contributed by atoms with Gasteiger partial charge in [-0.15, -0.1) is 0 Å². The molecule has 1 aromatic carbocycles. The molecule has 102 valence electrons. The summed E-state index contributed by atoms with van der Waals surface area (Å²) in [5.41, 5.74) is 1.65. The molecule has 0 fully saturated rings. The van der Waals surface area contributed by atoms with Crippen LogP contribution in [0.2, 0.25) is 0 Å². The summed E-state index contributed by atoms with van der Waals surface area (Å²) < 4.78 is 12.0. The van der Waals surface area contributed by atoms with E-state index in [9.17, 15) is 5.11 Å². The molecule has 0 saturated heterocycles. The smallest absolute Gasteiger partial charge is 0.159 e. The predicted molar refractivity (Wildman–Crippen MR) is 71.3 cm³/mol. The number of aromatic nitrogens is 2. The van der Waals surface area contributed by atoms with Gasteiger partial charge in [0, 0.05) is 6.61 Å². The molecule has 0 saturated carbocycles. The van der Waals surface area contributed by atoms with E-state index in [0.29, 0.717) is 25.5 Å². The summed E-state index contributed by atoms with van der Waals surface area (Å²) in [6.07, 6.45) is 1.61. The van der Waals surface area contributed by atoms with Gasteiger partial charge in [0.05, 0.1) is 26.5 Å². The van der Waals surface area contributed by atoms with Crippen LogP contribution in [0.15, 0.2) is 30.5 Å². The van der Waals surface area contributed by atoms with Crippen molar-refractivity contribution in [3.05, 3.63) is 41.7 Å². The summed E-state index contributed by atoms with van der Waals surface area (Å²) in [7, 11) is 1.64. The van der Waals surface area contributed by atoms with Gasteiger partial charge >= 0.3 is 0 Å². The molecular formula is C14H18N2O3. The van der Waals surface area contributed by atoms with Crippen LogP contribution in [0.1, 0.15) is 18.2 Å². The largest absolute Gasteiger partial charge is 0.504 e. The zero-order valence-corrected chi connectivity index (χ0v) is 11.2. The average Bonchev–Trinajstić information content (AvgIpc) is 2.77. The molecule has 5 nitrogen and oxygen atoms in total. The zero-order chi connectivity index (χ0) is 13.7. The molecule has 2 aromatic rings. The topological polar surface area (TPSA) is 56.5 Å². The maximum atomic E-state index is 9.73. The number of rotatable bonds is 6. The zero-order valence-electron chi connectivity index (χ0n) is 11.2. The Labute approximate surface area is 112 Å². The van der Waals surface area contributed by atoms with Gasteiger partial charge in [-0.1, -0.05) is 12.1 Å². The van der Waals surface area contributed by atoms with Crippen molar-refractivity contribution in [2.45, 2.75) is 20.1 Å². The minimum Gasteiger partial charge on any atom is -0.504 e. The Balaban J connectivity index is 2.05. The van der Waals surface area contributed by atoms with Crippen LogP contribution in [-0.4, -0.2) is 28.6 Å². The van der Waals surface area contributed by atoms with Gasteiger partial charge in [-0.05, 0) is 24.6 Å². The van der Waals surface area contributed by atoms with Crippen LogP contribution in [0.5, 0.6) is 11.5 Å². The van der Waals surface area contributed by atoms with Crippen molar-refractivity contribution in [3.8, 4) is 11.5 Å². The summed E-state index contributed by atoms with van der Waals surface area (Å²) in [4.78, 5) is 0. The van der Waals surface area contributed by atoms with E-state index >= 15 is 0 Å². The van der Waals surface area contributed by atoms with Crippen molar-refractivity contribution in [2.75, 3.05) is 13.7 Å². The lowest BCUT2D eigenvalue weighted by molar-refractivity contribution is 0.129. The Bertz CT molecular complexity index is 520. The first-order valence-electron chi connectivity index (χ1n) is 6.19. The number of hydrogen-bond donors (Lipinski definition) is 1. The Morgan fingerprint density at radius 3 is 2.63 bits per heavy atom. The fourth-order valence-corrected chi connectivity index (χ4v) is 1.75. The van der Waals surface area contributed by atoms with E-state index in [1.165, 1.54) is 0 Å². The minimum atomic E-state index is 0.168. The van der Waals surface area contributed by atoms with Crippen molar-refractivity contribution in [2.24, 2.45) is 0 Å². The molecule has 1 N–H and O–H groups in total. The molecule has 0 aliphatic heterocycles. The second-order valence-corrected chi connectivity index (χ2v) is 4.14. The van der Waals surface area contributed by atoms with Gasteiger partial charge in [-0.3, -0.25) is 4.68 Å². The quantitative estimate of drug-likeness (QED) is 0.867. The van der Waals surface area contributed by atoms with E-state index < -0.39 is 0 Å². The Morgan fingerprint density at radius 2 is 2.00 bits per heavy atom. The maximum absolute atomic E-state index is 9.73. The van der Waals surface area contributed by atoms with Crippen molar-refractivity contribution in [1.82, 2.24) is 9.78 Å². The summed E-state index contributed by atoms with van der Waals surface area (Å²) in [5.74, 6) is 0.992. The monoisotopic (exact) mass is 262 g/mol. The lowest BCUT2D eigenvalue weighted by Crippen LogP contribution is -2.02. The number of methoxy groups -OCH3 is 1. The highest BCUT2D eigenvalue weighted by atomic mass is 16.5. The lowest BCUT2D eigenvalue weighted by atomic mass is 10.2. The van der Waals surface area contributed by atoms with E-state index in [2.05, 4.69) is 5.10 Å². The lowest BCUT2D eigenvalue weighted by Gasteiger charge is -2.03. The SMILES string of the molecule is CCOCc1nn(Cc2ccc(OC)cc2)cc1O. The molecule has 1 heterocycles. The fraction of sp³-hybridized carbons (Fsp3) is 0.357. The number of hydrogen-bond acceptors (Lipinski definition) is 4. The Hall–Kier alpha value is -2.01. The molecule has 2 rings (SSSR count). The van der Waals surface area contributed by atoms with E-state index in [4.69, 9.17) is 9.47 Å². The van der Waals surface area contributed by atoms with Gasteiger partial charge in [0.25, 0.3) is 0 Å². The van der Waals surface area contributed by atoms with Crippen LogP contribution >= 0.6 is 0 Å². The van der Waals surface area contributed by atoms with Gasteiger partial charge in [0.15, 0.2) is 5.75 Å². The summed E-state index contributed by atoms with van der Waals surface area (Å²) in [6.45, 7) is 3.44. The molecule has 0 atom stereocenters. The molecule has 0 unspecified atom stereocenters. The van der Waals surface area contributed by atoms with Gasteiger partial charge < -0.3 is 14.6 Å². The number of aromatic hydroxyl groups is 1. The summed E-state index contributed by atoms with van der Waals surface area (Å²) in [5, 5.41) is 14.0. The molecule has 0 aliphatic carbocycles. The summed E-state index contributed by atoms with van der Waals surface area (Å²) in [6, 6.07) is 7.75. The third-order valence-electron chi connectivity index (χ3n) is 2.76. The first-order valence-corrected chi connectivity index (χ1v) is 6.19. The molecule has 0 spiro atoms. The Kier molecular flexibility index (Phi) is 4.41. The van der Waals surface area contributed by atoms with E-state index in [1.54, 1.807) is 18.0 Å². The highest BCUT2D eigenvalue weighted by molar-refractivity contribution is 5.28. The van der Waals surface area contributed by atoms with Crippen molar-refractivity contribution < 1.29 is 14.6 Å². The Morgan fingerprint density at radius 1 is 1.26 bits per heavy atom. The standard InChI is InChI=1S/C14H18N2O3/c1-3-19-10-13-14(17)9-16(15-13)8-11-4-6-12(18-2)7-5-11/h4-7,9,17H,3,8,10H2,1-2H3. The van der Waals surface area contributed by atoms with Crippen LogP contribution < -0.4 is 4.74 Å². The molecule has 5 heteroatoms. The molecule has 0 radical (unpaired) electrons. The van der Waals surface area contributed by atoms with E-state index in [-0.39, 0.29) is 5.75 Å². The van der Waals surface area contributed by atoms with Crippen LogP contribution in [0.3, 0.4) is 0 Å². The van der Waals surface area contributed by atoms with Gasteiger partial charge in [0.1, 0.15) is 11.4 Å². The van der Waals surface area contributed by atoms with E-state index in [1.807, 2.05) is 31.2 Å². The van der Waals surface area contributed by atoms with E-state index in [0.717, 1.165) is 11.3 Å². The van der Waals surface area contributed by atoms with Gasteiger partial charge in [0.2, 0.25) is 0 Å². The maximum Gasteiger partial charge on any atom is 0.159 e. The van der Waals surface area contributed by atoms with Crippen molar-refractivity contribution in [1.29, 1.82) is 0 Å². The highest BCUT2D eigenvalue weighted by Crippen LogP contribution is 2.17. The molecule has 0 aliphatic rings. The molecule has 19 heavy (non-hydrogen) atoms. The number of nitrogens with zero attached hydrogens (tertiary/aromatic N) is 2. The van der Waals surface area contributed by atoms with Crippen molar-refractivity contribution in [3.63, 3.8) is 0 Å². The first kappa shape index (κ1) is 13.4. The normalized spacial score (nSPS) is 10.6. The molecule has 0 amide bonds. The minimum absolute atomic E-state index is 0.168. The highest BCUT2D eigenvalue weighted by Gasteiger charge is 2.08.